The Hall–Kier alpha value is -1.42. The maximum Gasteiger partial charge on any atom is 0.164 e. The zero-order valence-corrected chi connectivity index (χ0v) is 11.6. The Labute approximate surface area is 118 Å². The number of hydrogen-bond acceptors (Lipinski definition) is 4. The van der Waals surface area contributed by atoms with Crippen molar-refractivity contribution in [2.24, 2.45) is 0 Å². The number of phenols is 1. The van der Waals surface area contributed by atoms with Gasteiger partial charge in [0.25, 0.3) is 0 Å². The molecule has 1 aromatic carbocycles. The minimum absolute atomic E-state index is 0.265. The maximum absolute atomic E-state index is 10.5. The van der Waals surface area contributed by atoms with Gasteiger partial charge in [0.1, 0.15) is 5.75 Å². The summed E-state index contributed by atoms with van der Waals surface area (Å²) in [4.78, 5) is 0. The van der Waals surface area contributed by atoms with Crippen LogP contribution in [0.2, 0.25) is 0 Å². The number of fused-ring (bicyclic) bond motifs is 2. The lowest BCUT2D eigenvalue weighted by Crippen LogP contribution is -2.21. The van der Waals surface area contributed by atoms with Gasteiger partial charge in [0.05, 0.1) is 18.8 Å². The lowest BCUT2D eigenvalue weighted by molar-refractivity contribution is 0.147. The fraction of sp³-hybridized carbons (Fsp3) is 0.625. The second kappa shape index (κ2) is 4.29. The van der Waals surface area contributed by atoms with E-state index in [4.69, 9.17) is 9.47 Å². The summed E-state index contributed by atoms with van der Waals surface area (Å²) in [5, 5.41) is 20.7. The van der Waals surface area contributed by atoms with E-state index < -0.39 is 5.60 Å². The Bertz CT molecular complexity index is 523. The molecule has 2 aliphatic heterocycles. The summed E-state index contributed by atoms with van der Waals surface area (Å²) >= 11 is 0. The van der Waals surface area contributed by atoms with Crippen LogP contribution in [0.5, 0.6) is 17.2 Å². The predicted molar refractivity (Wildman–Crippen MR) is 73.6 cm³/mol. The van der Waals surface area contributed by atoms with Crippen LogP contribution in [0, 0.1) is 0 Å². The molecule has 108 valence electrons. The summed E-state index contributed by atoms with van der Waals surface area (Å²) in [5.74, 6) is 1.72. The first-order valence-electron chi connectivity index (χ1n) is 7.55. The molecule has 2 heterocycles. The highest BCUT2D eigenvalue weighted by atomic mass is 16.5. The molecular formula is C16H20O4. The van der Waals surface area contributed by atoms with Gasteiger partial charge in [0, 0.05) is 23.1 Å². The summed E-state index contributed by atoms with van der Waals surface area (Å²) in [6.45, 7) is 1.35. The van der Waals surface area contributed by atoms with Gasteiger partial charge in [-0.05, 0) is 38.5 Å². The number of aromatic hydroxyl groups is 1. The molecule has 0 amide bonds. The normalized spacial score (nSPS) is 22.2. The molecule has 0 bridgehead atoms. The molecule has 0 unspecified atom stereocenters. The van der Waals surface area contributed by atoms with Crippen molar-refractivity contribution in [1.82, 2.24) is 0 Å². The zero-order chi connectivity index (χ0) is 13.7. The number of benzene rings is 1. The number of phenolic OH excluding ortho intramolecular Hbond substituents is 1. The average Bonchev–Trinajstić information content (AvgIpc) is 3.21. The van der Waals surface area contributed by atoms with Gasteiger partial charge in [-0.2, -0.15) is 0 Å². The molecule has 1 aromatic rings. The number of hydrogen-bond donors (Lipinski definition) is 2. The zero-order valence-electron chi connectivity index (χ0n) is 11.6. The minimum Gasteiger partial charge on any atom is -0.504 e. The van der Waals surface area contributed by atoms with Gasteiger partial charge in [0.15, 0.2) is 11.5 Å². The van der Waals surface area contributed by atoms with E-state index in [1.54, 1.807) is 0 Å². The largest absolute Gasteiger partial charge is 0.504 e. The Morgan fingerprint density at radius 3 is 2.30 bits per heavy atom. The van der Waals surface area contributed by atoms with Crippen LogP contribution in [0.15, 0.2) is 0 Å². The second-order valence-electron chi connectivity index (χ2n) is 6.25. The summed E-state index contributed by atoms with van der Waals surface area (Å²) < 4.78 is 11.6. The van der Waals surface area contributed by atoms with Crippen molar-refractivity contribution in [3.8, 4) is 17.2 Å². The fourth-order valence-electron chi connectivity index (χ4n) is 3.35. The monoisotopic (exact) mass is 276 g/mol. The highest BCUT2D eigenvalue weighted by Crippen LogP contribution is 2.50. The molecule has 4 heteroatoms. The number of rotatable bonds is 2. The first-order chi connectivity index (χ1) is 9.68. The molecule has 1 saturated carbocycles. The molecule has 0 aromatic heterocycles. The van der Waals surface area contributed by atoms with E-state index in [1.807, 2.05) is 0 Å². The topological polar surface area (TPSA) is 58.9 Å². The molecule has 4 nitrogen and oxygen atoms in total. The van der Waals surface area contributed by atoms with Crippen molar-refractivity contribution in [3.05, 3.63) is 16.7 Å². The van der Waals surface area contributed by atoms with Crippen LogP contribution in [-0.2, 0) is 19.3 Å². The molecule has 1 aliphatic carbocycles. The van der Waals surface area contributed by atoms with E-state index >= 15 is 0 Å². The van der Waals surface area contributed by atoms with Crippen molar-refractivity contribution in [2.45, 2.75) is 50.5 Å². The van der Waals surface area contributed by atoms with Gasteiger partial charge in [-0.3, -0.25) is 0 Å². The third-order valence-electron chi connectivity index (χ3n) is 4.66. The first kappa shape index (κ1) is 12.3. The summed E-state index contributed by atoms with van der Waals surface area (Å²) in [6, 6.07) is 0. The average molecular weight is 276 g/mol. The second-order valence-corrected chi connectivity index (χ2v) is 6.25. The van der Waals surface area contributed by atoms with E-state index in [0.717, 1.165) is 61.0 Å². The third-order valence-corrected chi connectivity index (χ3v) is 4.66. The molecule has 0 radical (unpaired) electrons. The van der Waals surface area contributed by atoms with Crippen molar-refractivity contribution in [2.75, 3.05) is 13.2 Å². The van der Waals surface area contributed by atoms with Crippen LogP contribution in [-0.4, -0.2) is 29.0 Å². The van der Waals surface area contributed by atoms with Crippen LogP contribution in [0.25, 0.3) is 0 Å². The van der Waals surface area contributed by atoms with Crippen LogP contribution in [0.3, 0.4) is 0 Å². The van der Waals surface area contributed by atoms with Gasteiger partial charge in [-0.1, -0.05) is 0 Å². The molecule has 2 N–H and O–H groups in total. The van der Waals surface area contributed by atoms with E-state index in [1.165, 1.54) is 0 Å². The predicted octanol–water partition coefficient (Wildman–Crippen LogP) is 2.11. The smallest absolute Gasteiger partial charge is 0.164 e. The van der Waals surface area contributed by atoms with Gasteiger partial charge in [-0.15, -0.1) is 0 Å². The Balaban J connectivity index is 1.89. The lowest BCUT2D eigenvalue weighted by atomic mass is 9.89. The van der Waals surface area contributed by atoms with Gasteiger partial charge in [0.2, 0.25) is 0 Å². The lowest BCUT2D eigenvalue weighted by Gasteiger charge is -2.29. The molecule has 3 aliphatic rings. The minimum atomic E-state index is -0.559. The number of aliphatic hydroxyl groups is 1. The standard InChI is InChI=1S/C16H20O4/c17-13-11-4-2-7-19-14(11)12(9-16(18)5-6-16)10-3-1-8-20-15(10)13/h17-18H,1-9H2. The molecule has 0 spiro atoms. The highest BCUT2D eigenvalue weighted by molar-refractivity contribution is 5.64. The summed E-state index contributed by atoms with van der Waals surface area (Å²) in [5.41, 5.74) is 2.44. The van der Waals surface area contributed by atoms with Crippen molar-refractivity contribution in [3.63, 3.8) is 0 Å². The molecule has 0 saturated heterocycles. The fourth-order valence-corrected chi connectivity index (χ4v) is 3.35. The van der Waals surface area contributed by atoms with Gasteiger partial charge in [-0.25, -0.2) is 0 Å². The summed E-state index contributed by atoms with van der Waals surface area (Å²) in [6.07, 6.45) is 5.94. The number of ether oxygens (including phenoxy) is 2. The Kier molecular flexibility index (Phi) is 2.64. The quantitative estimate of drug-likeness (QED) is 0.868. The van der Waals surface area contributed by atoms with E-state index in [2.05, 4.69) is 0 Å². The molecule has 20 heavy (non-hydrogen) atoms. The summed E-state index contributed by atoms with van der Waals surface area (Å²) in [7, 11) is 0. The maximum atomic E-state index is 10.5. The third kappa shape index (κ3) is 1.85. The van der Waals surface area contributed by atoms with E-state index in [0.29, 0.717) is 25.4 Å². The van der Waals surface area contributed by atoms with Crippen molar-refractivity contribution in [1.29, 1.82) is 0 Å². The Morgan fingerprint density at radius 2 is 1.60 bits per heavy atom. The van der Waals surface area contributed by atoms with E-state index in [9.17, 15) is 10.2 Å². The molecular weight excluding hydrogens is 256 g/mol. The molecule has 0 atom stereocenters. The SMILES string of the molecule is Oc1c2c(c(CC3(O)CC3)c3c1OCCC3)OCCC2. The van der Waals surface area contributed by atoms with Gasteiger partial charge < -0.3 is 19.7 Å². The van der Waals surface area contributed by atoms with Gasteiger partial charge >= 0.3 is 0 Å². The van der Waals surface area contributed by atoms with Crippen molar-refractivity contribution >= 4 is 0 Å². The van der Waals surface area contributed by atoms with Crippen LogP contribution < -0.4 is 9.47 Å². The molecule has 1 fully saturated rings. The van der Waals surface area contributed by atoms with Crippen LogP contribution in [0.4, 0.5) is 0 Å². The first-order valence-corrected chi connectivity index (χ1v) is 7.55. The molecule has 4 rings (SSSR count). The Morgan fingerprint density at radius 1 is 0.950 bits per heavy atom. The van der Waals surface area contributed by atoms with Crippen LogP contribution in [0.1, 0.15) is 42.4 Å². The van der Waals surface area contributed by atoms with Crippen LogP contribution >= 0.6 is 0 Å². The van der Waals surface area contributed by atoms with Crippen molar-refractivity contribution < 1.29 is 19.7 Å². The highest BCUT2D eigenvalue weighted by Gasteiger charge is 2.43. The van der Waals surface area contributed by atoms with E-state index in [-0.39, 0.29) is 5.75 Å².